The second-order valence-electron chi connectivity index (χ2n) is 6.27. The van der Waals surface area contributed by atoms with Gasteiger partial charge >= 0.3 is 0 Å². The van der Waals surface area contributed by atoms with Crippen molar-refractivity contribution in [3.63, 3.8) is 0 Å². The first-order chi connectivity index (χ1) is 10.7. The number of rotatable bonds is 1. The molecule has 1 nitrogen and oxygen atoms in total. The molecule has 0 spiro atoms. The van der Waals surface area contributed by atoms with Crippen LogP contribution in [0.2, 0.25) is 0 Å². The Morgan fingerprint density at radius 1 is 0.682 bits per heavy atom. The van der Waals surface area contributed by atoms with E-state index in [4.69, 9.17) is 4.74 Å². The minimum atomic E-state index is -0.0605. The molecule has 1 aliphatic heterocycles. The maximum absolute atomic E-state index is 6.30. The van der Waals surface area contributed by atoms with Gasteiger partial charge in [-0.2, -0.15) is 0 Å². The average molecular weight is 286 g/mol. The van der Waals surface area contributed by atoms with Crippen LogP contribution in [0.15, 0.2) is 72.8 Å². The highest BCUT2D eigenvalue weighted by Gasteiger charge is 2.35. The van der Waals surface area contributed by atoms with E-state index in [2.05, 4.69) is 74.5 Å². The topological polar surface area (TPSA) is 9.23 Å². The molecule has 1 aliphatic rings. The van der Waals surface area contributed by atoms with Gasteiger partial charge in [0.2, 0.25) is 0 Å². The second-order valence-corrected chi connectivity index (χ2v) is 6.27. The lowest BCUT2D eigenvalue weighted by molar-refractivity contribution is 0.419. The van der Waals surface area contributed by atoms with Gasteiger partial charge in [-0.25, -0.2) is 0 Å². The zero-order chi connectivity index (χ0) is 15.2. The first-order valence-corrected chi connectivity index (χ1v) is 7.64. The Bertz CT molecular complexity index is 832. The summed E-state index contributed by atoms with van der Waals surface area (Å²) >= 11 is 0. The SMILES string of the molecule is CC1(C)c2ccccc2Oc2c(-c3ccccc3)cccc21. The number of para-hydroxylation sites is 2. The van der Waals surface area contributed by atoms with Gasteiger partial charge in [0.1, 0.15) is 11.5 Å². The Kier molecular flexibility index (Phi) is 2.83. The van der Waals surface area contributed by atoms with Crippen molar-refractivity contribution >= 4 is 0 Å². The molecule has 0 saturated heterocycles. The summed E-state index contributed by atoms with van der Waals surface area (Å²) in [7, 11) is 0. The van der Waals surface area contributed by atoms with Gasteiger partial charge in [0.05, 0.1) is 0 Å². The molecule has 3 aromatic rings. The molecule has 0 N–H and O–H groups in total. The van der Waals surface area contributed by atoms with Gasteiger partial charge in [-0.05, 0) is 11.6 Å². The third-order valence-corrected chi connectivity index (χ3v) is 4.55. The normalized spacial score (nSPS) is 14.6. The molecule has 0 amide bonds. The van der Waals surface area contributed by atoms with Gasteiger partial charge in [-0.15, -0.1) is 0 Å². The average Bonchev–Trinajstić information content (AvgIpc) is 2.55. The molecule has 0 aromatic heterocycles. The summed E-state index contributed by atoms with van der Waals surface area (Å²) in [4.78, 5) is 0. The lowest BCUT2D eigenvalue weighted by Gasteiger charge is -2.35. The molecule has 4 rings (SSSR count). The summed E-state index contributed by atoms with van der Waals surface area (Å²) in [6.07, 6.45) is 0. The van der Waals surface area contributed by atoms with Crippen molar-refractivity contribution in [2.75, 3.05) is 0 Å². The van der Waals surface area contributed by atoms with Crippen molar-refractivity contribution in [2.24, 2.45) is 0 Å². The maximum atomic E-state index is 6.30. The summed E-state index contributed by atoms with van der Waals surface area (Å²) in [5.74, 6) is 1.95. The van der Waals surface area contributed by atoms with Crippen LogP contribution >= 0.6 is 0 Å². The van der Waals surface area contributed by atoms with E-state index in [0.29, 0.717) is 0 Å². The molecule has 22 heavy (non-hydrogen) atoms. The minimum Gasteiger partial charge on any atom is -0.456 e. The predicted molar refractivity (Wildman–Crippen MR) is 90.5 cm³/mol. The van der Waals surface area contributed by atoms with Crippen LogP contribution in [0.1, 0.15) is 25.0 Å². The molecule has 3 aromatic carbocycles. The summed E-state index contributed by atoms with van der Waals surface area (Å²) in [6.45, 7) is 4.53. The Hall–Kier alpha value is -2.54. The van der Waals surface area contributed by atoms with Gasteiger partial charge in [0.15, 0.2) is 0 Å². The first-order valence-electron chi connectivity index (χ1n) is 7.64. The van der Waals surface area contributed by atoms with E-state index < -0.39 is 0 Å². The molecule has 1 heteroatoms. The number of hydrogen-bond donors (Lipinski definition) is 0. The zero-order valence-corrected chi connectivity index (χ0v) is 12.8. The monoisotopic (exact) mass is 286 g/mol. The summed E-state index contributed by atoms with van der Waals surface area (Å²) in [5.41, 5.74) is 4.77. The lowest BCUT2D eigenvalue weighted by Crippen LogP contribution is -2.24. The molecular formula is C21H18O. The van der Waals surface area contributed by atoms with Crippen LogP contribution in [0.3, 0.4) is 0 Å². The predicted octanol–water partition coefficient (Wildman–Crippen LogP) is 5.79. The van der Waals surface area contributed by atoms with E-state index in [-0.39, 0.29) is 5.41 Å². The van der Waals surface area contributed by atoms with Crippen LogP contribution in [0.4, 0.5) is 0 Å². The molecule has 0 saturated carbocycles. The minimum absolute atomic E-state index is 0.0605. The van der Waals surface area contributed by atoms with Gasteiger partial charge in [0.25, 0.3) is 0 Å². The van der Waals surface area contributed by atoms with Crippen molar-refractivity contribution < 1.29 is 4.74 Å². The van der Waals surface area contributed by atoms with E-state index in [9.17, 15) is 0 Å². The van der Waals surface area contributed by atoms with Crippen LogP contribution in [0, 0.1) is 0 Å². The van der Waals surface area contributed by atoms with Crippen molar-refractivity contribution in [1.29, 1.82) is 0 Å². The Balaban J connectivity index is 1.97. The first kappa shape index (κ1) is 13.1. The van der Waals surface area contributed by atoms with Crippen LogP contribution < -0.4 is 4.74 Å². The number of benzene rings is 3. The third-order valence-electron chi connectivity index (χ3n) is 4.55. The van der Waals surface area contributed by atoms with E-state index in [1.54, 1.807) is 0 Å². The lowest BCUT2D eigenvalue weighted by atomic mass is 9.75. The quantitative estimate of drug-likeness (QED) is 0.550. The largest absolute Gasteiger partial charge is 0.456 e. The number of ether oxygens (including phenoxy) is 1. The molecule has 0 atom stereocenters. The van der Waals surface area contributed by atoms with Crippen molar-refractivity contribution in [1.82, 2.24) is 0 Å². The van der Waals surface area contributed by atoms with Crippen LogP contribution in [0.5, 0.6) is 11.5 Å². The summed E-state index contributed by atoms with van der Waals surface area (Å²) in [6, 6.07) is 25.2. The van der Waals surface area contributed by atoms with Crippen molar-refractivity contribution in [3.05, 3.63) is 83.9 Å². The molecule has 0 aliphatic carbocycles. The summed E-state index contributed by atoms with van der Waals surface area (Å²) < 4.78 is 6.30. The van der Waals surface area contributed by atoms with Crippen molar-refractivity contribution in [3.8, 4) is 22.6 Å². The highest BCUT2D eigenvalue weighted by Crippen LogP contribution is 2.50. The third kappa shape index (κ3) is 1.86. The number of fused-ring (bicyclic) bond motifs is 2. The number of hydrogen-bond acceptors (Lipinski definition) is 1. The smallest absolute Gasteiger partial charge is 0.139 e. The molecule has 0 bridgehead atoms. The molecule has 0 radical (unpaired) electrons. The maximum Gasteiger partial charge on any atom is 0.139 e. The zero-order valence-electron chi connectivity index (χ0n) is 12.8. The fourth-order valence-electron chi connectivity index (χ4n) is 3.31. The van der Waals surface area contributed by atoms with Crippen LogP contribution in [-0.2, 0) is 5.41 Å². The molecule has 0 unspecified atom stereocenters. The van der Waals surface area contributed by atoms with E-state index in [1.807, 2.05) is 12.1 Å². The van der Waals surface area contributed by atoms with Gasteiger partial charge < -0.3 is 4.74 Å². The second kappa shape index (κ2) is 4.74. The molecule has 108 valence electrons. The molecule has 0 fully saturated rings. The van der Waals surface area contributed by atoms with E-state index in [0.717, 1.165) is 17.1 Å². The fraction of sp³-hybridized carbons (Fsp3) is 0.143. The Labute approximate surface area is 131 Å². The molecule has 1 heterocycles. The van der Waals surface area contributed by atoms with Crippen LogP contribution in [0.25, 0.3) is 11.1 Å². The van der Waals surface area contributed by atoms with Gasteiger partial charge in [-0.1, -0.05) is 80.6 Å². The van der Waals surface area contributed by atoms with Gasteiger partial charge in [0, 0.05) is 22.1 Å². The van der Waals surface area contributed by atoms with E-state index >= 15 is 0 Å². The summed E-state index contributed by atoms with van der Waals surface area (Å²) in [5, 5.41) is 0. The molecular weight excluding hydrogens is 268 g/mol. The Morgan fingerprint density at radius 3 is 2.18 bits per heavy atom. The van der Waals surface area contributed by atoms with Crippen molar-refractivity contribution in [2.45, 2.75) is 19.3 Å². The Morgan fingerprint density at radius 2 is 1.36 bits per heavy atom. The van der Waals surface area contributed by atoms with Crippen LogP contribution in [-0.4, -0.2) is 0 Å². The standard InChI is InChI=1S/C21H18O/c1-21(2)17-12-6-7-14-19(17)22-20-16(11-8-13-18(20)21)15-9-4-3-5-10-15/h3-14H,1-2H3. The highest BCUT2D eigenvalue weighted by atomic mass is 16.5. The van der Waals surface area contributed by atoms with Gasteiger partial charge in [-0.3, -0.25) is 0 Å². The highest BCUT2D eigenvalue weighted by molar-refractivity contribution is 5.75. The fourth-order valence-corrected chi connectivity index (χ4v) is 3.31. The van der Waals surface area contributed by atoms with E-state index in [1.165, 1.54) is 16.7 Å².